The van der Waals surface area contributed by atoms with Crippen LogP contribution in [-0.4, -0.2) is 59.8 Å². The zero-order valence-electron chi connectivity index (χ0n) is 12.8. The molecular weight excluding hydrogens is 280 g/mol. The van der Waals surface area contributed by atoms with Crippen LogP contribution in [0.1, 0.15) is 12.8 Å². The Balaban J connectivity index is 1.81. The molecule has 1 aromatic heterocycles. The van der Waals surface area contributed by atoms with Crippen molar-refractivity contribution in [3.05, 3.63) is 37.1 Å². The number of aliphatic hydroxyl groups is 1. The standard InChI is InChI=1S/C16H24N4O2/c1-2-9-20(12-13-21)16(22)18-14-6-10-19(11-7-14)15-5-3-4-8-17-15/h2-5,8,14,21H,1,6-7,9-13H2,(H,18,22). The van der Waals surface area contributed by atoms with Crippen molar-refractivity contribution in [1.29, 1.82) is 0 Å². The number of aromatic nitrogens is 1. The normalized spacial score (nSPS) is 15.4. The number of nitrogens with one attached hydrogen (secondary N) is 1. The molecule has 2 rings (SSSR count). The Morgan fingerprint density at radius 2 is 2.27 bits per heavy atom. The molecule has 0 atom stereocenters. The third-order valence-corrected chi connectivity index (χ3v) is 3.80. The average Bonchev–Trinajstić information content (AvgIpc) is 2.56. The van der Waals surface area contributed by atoms with Gasteiger partial charge in [0.2, 0.25) is 0 Å². The van der Waals surface area contributed by atoms with Crippen molar-refractivity contribution in [3.8, 4) is 0 Å². The quantitative estimate of drug-likeness (QED) is 0.776. The van der Waals surface area contributed by atoms with E-state index in [2.05, 4.69) is 21.8 Å². The Morgan fingerprint density at radius 3 is 2.86 bits per heavy atom. The summed E-state index contributed by atoms with van der Waals surface area (Å²) in [7, 11) is 0. The van der Waals surface area contributed by atoms with Gasteiger partial charge in [0, 0.05) is 38.4 Å². The fourth-order valence-electron chi connectivity index (χ4n) is 2.61. The molecule has 1 saturated heterocycles. The number of carbonyl (C=O) groups is 1. The fraction of sp³-hybridized carbons (Fsp3) is 0.500. The number of carbonyl (C=O) groups excluding carboxylic acids is 1. The summed E-state index contributed by atoms with van der Waals surface area (Å²) < 4.78 is 0. The number of hydrogen-bond acceptors (Lipinski definition) is 4. The molecule has 0 saturated carbocycles. The topological polar surface area (TPSA) is 68.7 Å². The van der Waals surface area contributed by atoms with Crippen LogP contribution in [0.2, 0.25) is 0 Å². The number of pyridine rings is 1. The first-order valence-electron chi connectivity index (χ1n) is 7.67. The van der Waals surface area contributed by atoms with Gasteiger partial charge in [-0.05, 0) is 25.0 Å². The molecular formula is C16H24N4O2. The van der Waals surface area contributed by atoms with Crippen molar-refractivity contribution in [1.82, 2.24) is 15.2 Å². The third-order valence-electron chi connectivity index (χ3n) is 3.80. The van der Waals surface area contributed by atoms with Gasteiger partial charge in [0.15, 0.2) is 0 Å². The minimum absolute atomic E-state index is 0.0423. The molecule has 22 heavy (non-hydrogen) atoms. The van der Waals surface area contributed by atoms with E-state index < -0.39 is 0 Å². The van der Waals surface area contributed by atoms with Crippen LogP contribution in [0.4, 0.5) is 10.6 Å². The molecule has 0 radical (unpaired) electrons. The van der Waals surface area contributed by atoms with Crippen molar-refractivity contribution < 1.29 is 9.90 Å². The minimum Gasteiger partial charge on any atom is -0.395 e. The van der Waals surface area contributed by atoms with Crippen LogP contribution in [0.25, 0.3) is 0 Å². The van der Waals surface area contributed by atoms with Crippen molar-refractivity contribution in [2.75, 3.05) is 37.7 Å². The minimum atomic E-state index is -0.134. The first-order chi connectivity index (χ1) is 10.7. The Bertz CT molecular complexity index is 472. The highest BCUT2D eigenvalue weighted by Gasteiger charge is 2.23. The number of hydrogen-bond donors (Lipinski definition) is 2. The van der Waals surface area contributed by atoms with Gasteiger partial charge in [0.25, 0.3) is 0 Å². The average molecular weight is 304 g/mol. The van der Waals surface area contributed by atoms with E-state index in [1.54, 1.807) is 17.2 Å². The summed E-state index contributed by atoms with van der Waals surface area (Å²) in [6.45, 7) is 6.12. The van der Waals surface area contributed by atoms with Gasteiger partial charge in [-0.15, -0.1) is 6.58 Å². The second kappa shape index (κ2) is 8.38. The number of piperidine rings is 1. The molecule has 0 unspecified atom stereocenters. The van der Waals surface area contributed by atoms with Gasteiger partial charge in [0.1, 0.15) is 5.82 Å². The number of nitrogens with zero attached hydrogens (tertiary/aromatic N) is 3. The van der Waals surface area contributed by atoms with Crippen LogP contribution in [0, 0.1) is 0 Å². The number of aliphatic hydroxyl groups excluding tert-OH is 1. The summed E-state index contributed by atoms with van der Waals surface area (Å²) in [5, 5.41) is 12.1. The van der Waals surface area contributed by atoms with E-state index in [0.29, 0.717) is 13.1 Å². The molecule has 6 nitrogen and oxygen atoms in total. The van der Waals surface area contributed by atoms with Crippen molar-refractivity contribution >= 4 is 11.8 Å². The van der Waals surface area contributed by atoms with Crippen LogP contribution < -0.4 is 10.2 Å². The molecule has 0 aliphatic carbocycles. The van der Waals surface area contributed by atoms with Crippen molar-refractivity contribution in [2.45, 2.75) is 18.9 Å². The van der Waals surface area contributed by atoms with E-state index >= 15 is 0 Å². The maximum atomic E-state index is 12.2. The molecule has 2 N–H and O–H groups in total. The van der Waals surface area contributed by atoms with E-state index in [0.717, 1.165) is 31.7 Å². The van der Waals surface area contributed by atoms with Gasteiger partial charge in [-0.3, -0.25) is 0 Å². The number of urea groups is 1. The highest BCUT2D eigenvalue weighted by molar-refractivity contribution is 5.74. The molecule has 0 aromatic carbocycles. The predicted molar refractivity (Wildman–Crippen MR) is 86.9 cm³/mol. The van der Waals surface area contributed by atoms with Gasteiger partial charge in [-0.25, -0.2) is 9.78 Å². The Morgan fingerprint density at radius 1 is 1.50 bits per heavy atom. The number of amides is 2. The first-order valence-corrected chi connectivity index (χ1v) is 7.67. The van der Waals surface area contributed by atoms with E-state index in [-0.39, 0.29) is 18.7 Å². The zero-order chi connectivity index (χ0) is 15.8. The lowest BCUT2D eigenvalue weighted by molar-refractivity contribution is 0.178. The predicted octanol–water partition coefficient (Wildman–Crippen LogP) is 1.24. The molecule has 120 valence electrons. The zero-order valence-corrected chi connectivity index (χ0v) is 12.8. The van der Waals surface area contributed by atoms with Crippen LogP contribution in [0.3, 0.4) is 0 Å². The highest BCUT2D eigenvalue weighted by Crippen LogP contribution is 2.17. The lowest BCUT2D eigenvalue weighted by atomic mass is 10.1. The number of rotatable bonds is 6. The van der Waals surface area contributed by atoms with E-state index in [1.807, 2.05) is 18.2 Å². The summed E-state index contributed by atoms with van der Waals surface area (Å²) in [5.74, 6) is 0.987. The van der Waals surface area contributed by atoms with Crippen LogP contribution >= 0.6 is 0 Å². The SMILES string of the molecule is C=CCN(CCO)C(=O)NC1CCN(c2ccccn2)CC1. The summed E-state index contributed by atoms with van der Waals surface area (Å²) >= 11 is 0. The first kappa shape index (κ1) is 16.3. The van der Waals surface area contributed by atoms with Crippen LogP contribution in [-0.2, 0) is 0 Å². The summed E-state index contributed by atoms with van der Waals surface area (Å²) in [6, 6.07) is 5.93. The molecule has 1 aliphatic heterocycles. The van der Waals surface area contributed by atoms with E-state index in [9.17, 15) is 4.79 Å². The molecule has 0 spiro atoms. The summed E-state index contributed by atoms with van der Waals surface area (Å²) in [4.78, 5) is 20.3. The largest absolute Gasteiger partial charge is 0.395 e. The van der Waals surface area contributed by atoms with Crippen molar-refractivity contribution in [3.63, 3.8) is 0 Å². The number of anilines is 1. The van der Waals surface area contributed by atoms with Crippen molar-refractivity contribution in [2.24, 2.45) is 0 Å². The van der Waals surface area contributed by atoms with E-state index in [4.69, 9.17) is 5.11 Å². The Hall–Kier alpha value is -2.08. The van der Waals surface area contributed by atoms with Gasteiger partial charge >= 0.3 is 6.03 Å². The maximum absolute atomic E-state index is 12.2. The summed E-state index contributed by atoms with van der Waals surface area (Å²) in [6.07, 6.45) is 5.25. The van der Waals surface area contributed by atoms with Crippen LogP contribution in [0.15, 0.2) is 37.1 Å². The molecule has 1 aliphatic rings. The molecule has 0 bridgehead atoms. The lowest BCUT2D eigenvalue weighted by Crippen LogP contribution is -2.50. The lowest BCUT2D eigenvalue weighted by Gasteiger charge is -2.34. The second-order valence-electron chi connectivity index (χ2n) is 5.36. The fourth-order valence-corrected chi connectivity index (χ4v) is 2.61. The highest BCUT2D eigenvalue weighted by atomic mass is 16.3. The molecule has 2 heterocycles. The molecule has 6 heteroatoms. The Kier molecular flexibility index (Phi) is 6.21. The molecule has 1 aromatic rings. The Labute approximate surface area is 131 Å². The monoisotopic (exact) mass is 304 g/mol. The van der Waals surface area contributed by atoms with Crippen LogP contribution in [0.5, 0.6) is 0 Å². The molecule has 1 fully saturated rings. The summed E-state index contributed by atoms with van der Waals surface area (Å²) in [5.41, 5.74) is 0. The van der Waals surface area contributed by atoms with Gasteiger partial charge in [-0.2, -0.15) is 0 Å². The van der Waals surface area contributed by atoms with Gasteiger partial charge < -0.3 is 20.2 Å². The smallest absolute Gasteiger partial charge is 0.317 e. The van der Waals surface area contributed by atoms with E-state index in [1.165, 1.54) is 0 Å². The van der Waals surface area contributed by atoms with Gasteiger partial charge in [-0.1, -0.05) is 12.1 Å². The molecule has 2 amide bonds. The second-order valence-corrected chi connectivity index (χ2v) is 5.36. The third kappa shape index (κ3) is 4.46. The van der Waals surface area contributed by atoms with Gasteiger partial charge in [0.05, 0.1) is 6.61 Å². The maximum Gasteiger partial charge on any atom is 0.317 e.